The second kappa shape index (κ2) is 7.12. The summed E-state index contributed by atoms with van der Waals surface area (Å²) in [5.74, 6) is 0.846. The lowest BCUT2D eigenvalue weighted by Crippen LogP contribution is -2.19. The SMILES string of the molecule is CCC1CCCC(Nc2cc(Cl)c([N+](=O)[O-])cc2C)CC1. The number of nitro benzene ring substituents is 1. The van der Waals surface area contributed by atoms with Crippen LogP contribution in [-0.4, -0.2) is 11.0 Å². The summed E-state index contributed by atoms with van der Waals surface area (Å²) in [6.45, 7) is 4.15. The molecule has 21 heavy (non-hydrogen) atoms. The highest BCUT2D eigenvalue weighted by Crippen LogP contribution is 2.33. The number of aryl methyl sites for hydroxylation is 1. The van der Waals surface area contributed by atoms with Gasteiger partial charge in [-0.1, -0.05) is 37.8 Å². The molecule has 2 unspecified atom stereocenters. The fraction of sp³-hybridized carbons (Fsp3) is 0.625. The van der Waals surface area contributed by atoms with Crippen molar-refractivity contribution in [3.05, 3.63) is 32.8 Å². The number of halogens is 1. The Morgan fingerprint density at radius 2 is 2.10 bits per heavy atom. The van der Waals surface area contributed by atoms with Gasteiger partial charge in [0.2, 0.25) is 0 Å². The Hall–Kier alpha value is -1.29. The molecule has 1 fully saturated rings. The first-order valence-corrected chi connectivity index (χ1v) is 8.10. The second-order valence-electron chi connectivity index (χ2n) is 6.00. The van der Waals surface area contributed by atoms with Crippen LogP contribution in [0, 0.1) is 23.0 Å². The predicted molar refractivity (Wildman–Crippen MR) is 87.1 cm³/mol. The molecule has 2 rings (SSSR count). The van der Waals surface area contributed by atoms with Crippen molar-refractivity contribution < 1.29 is 4.92 Å². The Kier molecular flexibility index (Phi) is 5.45. The number of nitrogens with one attached hydrogen (secondary N) is 1. The maximum atomic E-state index is 10.9. The maximum Gasteiger partial charge on any atom is 0.288 e. The molecule has 1 aromatic rings. The van der Waals surface area contributed by atoms with Crippen molar-refractivity contribution in [3.8, 4) is 0 Å². The van der Waals surface area contributed by atoms with E-state index in [1.54, 1.807) is 12.1 Å². The predicted octanol–water partition coefficient (Wildman–Crippen LogP) is 5.33. The molecule has 0 bridgehead atoms. The number of anilines is 1. The molecule has 1 N–H and O–H groups in total. The highest BCUT2D eigenvalue weighted by atomic mass is 35.5. The molecule has 0 heterocycles. The quantitative estimate of drug-likeness (QED) is 0.464. The standard InChI is InChI=1S/C16H23ClN2O2/c1-3-12-5-4-6-13(8-7-12)18-15-10-14(17)16(19(20)21)9-11(15)2/h9-10,12-13,18H,3-8H2,1-2H3. The number of nitro groups is 1. The van der Waals surface area contributed by atoms with E-state index in [0.717, 1.165) is 30.0 Å². The van der Waals surface area contributed by atoms with E-state index in [4.69, 9.17) is 11.6 Å². The molecule has 1 aromatic carbocycles. The van der Waals surface area contributed by atoms with E-state index in [1.165, 1.54) is 25.7 Å². The molecule has 0 aliphatic heterocycles. The summed E-state index contributed by atoms with van der Waals surface area (Å²) in [4.78, 5) is 10.5. The van der Waals surface area contributed by atoms with Crippen molar-refractivity contribution in [2.45, 2.75) is 58.4 Å². The molecule has 0 spiro atoms. The molecule has 0 radical (unpaired) electrons. The summed E-state index contributed by atoms with van der Waals surface area (Å²) in [7, 11) is 0. The molecular weight excluding hydrogens is 288 g/mol. The van der Waals surface area contributed by atoms with Crippen LogP contribution in [-0.2, 0) is 0 Å². The first-order valence-electron chi connectivity index (χ1n) is 7.72. The van der Waals surface area contributed by atoms with Crippen LogP contribution in [0.3, 0.4) is 0 Å². The molecule has 5 heteroatoms. The highest BCUT2D eigenvalue weighted by molar-refractivity contribution is 6.33. The Morgan fingerprint density at radius 3 is 2.76 bits per heavy atom. The van der Waals surface area contributed by atoms with Crippen molar-refractivity contribution in [2.24, 2.45) is 5.92 Å². The van der Waals surface area contributed by atoms with E-state index >= 15 is 0 Å². The number of benzene rings is 1. The van der Waals surface area contributed by atoms with Gasteiger partial charge in [0.25, 0.3) is 5.69 Å². The van der Waals surface area contributed by atoms with Gasteiger partial charge in [-0.05, 0) is 43.7 Å². The Labute approximate surface area is 131 Å². The number of hydrogen-bond acceptors (Lipinski definition) is 3. The molecule has 0 saturated heterocycles. The second-order valence-corrected chi connectivity index (χ2v) is 6.41. The van der Waals surface area contributed by atoms with E-state index in [0.29, 0.717) is 6.04 Å². The lowest BCUT2D eigenvalue weighted by molar-refractivity contribution is -0.384. The summed E-state index contributed by atoms with van der Waals surface area (Å²) in [6.07, 6.45) is 7.39. The van der Waals surface area contributed by atoms with E-state index in [-0.39, 0.29) is 10.7 Å². The molecule has 116 valence electrons. The lowest BCUT2D eigenvalue weighted by atomic mass is 9.98. The third kappa shape index (κ3) is 4.10. The van der Waals surface area contributed by atoms with Gasteiger partial charge in [-0.15, -0.1) is 0 Å². The van der Waals surface area contributed by atoms with Gasteiger partial charge in [0.15, 0.2) is 0 Å². The minimum absolute atomic E-state index is 0.0216. The normalized spacial score (nSPS) is 22.6. The Balaban J connectivity index is 2.09. The topological polar surface area (TPSA) is 55.2 Å². The van der Waals surface area contributed by atoms with Crippen LogP contribution >= 0.6 is 11.6 Å². The molecule has 0 amide bonds. The third-order valence-electron chi connectivity index (χ3n) is 4.52. The van der Waals surface area contributed by atoms with E-state index in [2.05, 4.69) is 12.2 Å². The van der Waals surface area contributed by atoms with Crippen LogP contribution in [0.4, 0.5) is 11.4 Å². The molecule has 1 aliphatic carbocycles. The largest absolute Gasteiger partial charge is 0.382 e. The van der Waals surface area contributed by atoms with Gasteiger partial charge in [-0.2, -0.15) is 0 Å². The van der Waals surface area contributed by atoms with Crippen LogP contribution < -0.4 is 5.32 Å². The van der Waals surface area contributed by atoms with Gasteiger partial charge in [0.1, 0.15) is 5.02 Å². The summed E-state index contributed by atoms with van der Waals surface area (Å²) < 4.78 is 0. The smallest absolute Gasteiger partial charge is 0.288 e. The van der Waals surface area contributed by atoms with E-state index < -0.39 is 4.92 Å². The number of rotatable bonds is 4. The monoisotopic (exact) mass is 310 g/mol. The molecule has 1 aliphatic rings. The zero-order chi connectivity index (χ0) is 15.4. The van der Waals surface area contributed by atoms with Gasteiger partial charge in [0.05, 0.1) is 4.92 Å². The first-order chi connectivity index (χ1) is 10.0. The number of nitrogens with zero attached hydrogens (tertiary/aromatic N) is 1. The van der Waals surface area contributed by atoms with Gasteiger partial charge < -0.3 is 5.32 Å². The van der Waals surface area contributed by atoms with Crippen molar-refractivity contribution in [3.63, 3.8) is 0 Å². The Bertz CT molecular complexity index is 519. The van der Waals surface area contributed by atoms with Gasteiger partial charge in [0, 0.05) is 17.8 Å². The summed E-state index contributed by atoms with van der Waals surface area (Å²) in [5, 5.41) is 14.6. The van der Waals surface area contributed by atoms with Gasteiger partial charge >= 0.3 is 0 Å². The minimum atomic E-state index is -0.434. The minimum Gasteiger partial charge on any atom is -0.382 e. The van der Waals surface area contributed by atoms with Crippen LogP contribution in [0.15, 0.2) is 12.1 Å². The zero-order valence-electron chi connectivity index (χ0n) is 12.7. The molecule has 1 saturated carbocycles. The lowest BCUT2D eigenvalue weighted by Gasteiger charge is -2.19. The third-order valence-corrected chi connectivity index (χ3v) is 4.82. The fourth-order valence-electron chi connectivity index (χ4n) is 3.11. The van der Waals surface area contributed by atoms with Crippen molar-refractivity contribution in [1.29, 1.82) is 0 Å². The molecule has 0 aromatic heterocycles. The van der Waals surface area contributed by atoms with Crippen LogP contribution in [0.5, 0.6) is 0 Å². The highest BCUT2D eigenvalue weighted by Gasteiger charge is 2.20. The van der Waals surface area contributed by atoms with Crippen LogP contribution in [0.25, 0.3) is 0 Å². The molecule has 4 nitrogen and oxygen atoms in total. The summed E-state index contributed by atoms with van der Waals surface area (Å²) in [5.41, 5.74) is 1.78. The summed E-state index contributed by atoms with van der Waals surface area (Å²) in [6, 6.07) is 3.69. The van der Waals surface area contributed by atoms with Crippen molar-refractivity contribution in [2.75, 3.05) is 5.32 Å². The number of hydrogen-bond donors (Lipinski definition) is 1. The van der Waals surface area contributed by atoms with Crippen LogP contribution in [0.1, 0.15) is 51.0 Å². The van der Waals surface area contributed by atoms with Crippen LogP contribution in [0.2, 0.25) is 5.02 Å². The average Bonchev–Trinajstić information content (AvgIpc) is 2.67. The van der Waals surface area contributed by atoms with Crippen molar-refractivity contribution in [1.82, 2.24) is 0 Å². The van der Waals surface area contributed by atoms with Gasteiger partial charge in [-0.25, -0.2) is 0 Å². The zero-order valence-corrected chi connectivity index (χ0v) is 13.4. The fourth-order valence-corrected chi connectivity index (χ4v) is 3.35. The first kappa shape index (κ1) is 16.1. The summed E-state index contributed by atoms with van der Waals surface area (Å²) >= 11 is 6.01. The average molecular weight is 311 g/mol. The van der Waals surface area contributed by atoms with Gasteiger partial charge in [-0.3, -0.25) is 10.1 Å². The van der Waals surface area contributed by atoms with Crippen molar-refractivity contribution >= 4 is 23.0 Å². The van der Waals surface area contributed by atoms with E-state index in [1.807, 2.05) is 6.92 Å². The molecule has 2 atom stereocenters. The molecular formula is C16H23ClN2O2. The maximum absolute atomic E-state index is 10.9. The van der Waals surface area contributed by atoms with E-state index in [9.17, 15) is 10.1 Å². The Morgan fingerprint density at radius 1 is 1.33 bits per heavy atom.